The van der Waals surface area contributed by atoms with Gasteiger partial charge in [-0.05, 0) is 17.7 Å². The van der Waals surface area contributed by atoms with E-state index < -0.39 is 6.10 Å². The summed E-state index contributed by atoms with van der Waals surface area (Å²) in [4.78, 5) is 11.7. The summed E-state index contributed by atoms with van der Waals surface area (Å²) in [5.74, 6) is 0.737. The van der Waals surface area contributed by atoms with Crippen LogP contribution in [0, 0.1) is 0 Å². The first-order valence-corrected chi connectivity index (χ1v) is 6.67. The highest BCUT2D eigenvalue weighted by molar-refractivity contribution is 8.14. The normalized spacial score (nSPS) is 13.2. The molecule has 100 valence electrons. The number of ether oxygens (including phenoxy) is 1. The summed E-state index contributed by atoms with van der Waals surface area (Å²) < 4.78 is 4.93. The Hall–Kier alpha value is -1.00. The van der Waals surface area contributed by atoms with Crippen molar-refractivity contribution in [1.29, 1.82) is 0 Å². The number of methoxy groups -OCH3 is 1. The van der Waals surface area contributed by atoms with Crippen LogP contribution in [0.2, 0.25) is 0 Å². The molecule has 0 aliphatic rings. The molecule has 1 aromatic rings. The number of hydrogen-bond acceptors (Lipinski definition) is 4. The van der Waals surface area contributed by atoms with E-state index in [1.165, 1.54) is 11.8 Å². The second-order valence-corrected chi connectivity index (χ2v) is 6.96. The zero-order chi connectivity index (χ0) is 13.8. The molecule has 0 aliphatic carbocycles. The molecule has 1 atom stereocenters. The molecule has 0 bridgehead atoms. The minimum atomic E-state index is -0.752. The highest BCUT2D eigenvalue weighted by Gasteiger charge is 2.20. The van der Waals surface area contributed by atoms with Gasteiger partial charge in [-0.2, -0.15) is 0 Å². The Morgan fingerprint density at radius 3 is 2.33 bits per heavy atom. The van der Waals surface area contributed by atoms with Gasteiger partial charge >= 0.3 is 0 Å². The van der Waals surface area contributed by atoms with E-state index in [1.807, 2.05) is 20.8 Å². The fourth-order valence-electron chi connectivity index (χ4n) is 1.48. The Bertz CT molecular complexity index is 392. The van der Waals surface area contributed by atoms with Gasteiger partial charge in [-0.25, -0.2) is 0 Å². The maximum absolute atomic E-state index is 11.7. The molecular formula is C14H20O3S. The summed E-state index contributed by atoms with van der Waals surface area (Å²) in [5.41, 5.74) is 0.735. The van der Waals surface area contributed by atoms with Crippen molar-refractivity contribution >= 4 is 16.9 Å². The van der Waals surface area contributed by atoms with Crippen LogP contribution in [0.25, 0.3) is 0 Å². The highest BCUT2D eigenvalue weighted by atomic mass is 32.2. The Morgan fingerprint density at radius 2 is 1.89 bits per heavy atom. The average molecular weight is 268 g/mol. The van der Waals surface area contributed by atoms with Gasteiger partial charge in [-0.15, -0.1) is 0 Å². The smallest absolute Gasteiger partial charge is 0.192 e. The van der Waals surface area contributed by atoms with E-state index >= 15 is 0 Å². The molecule has 0 radical (unpaired) electrons. The number of carbonyl (C=O) groups is 1. The van der Waals surface area contributed by atoms with Crippen LogP contribution in [-0.4, -0.2) is 22.1 Å². The summed E-state index contributed by atoms with van der Waals surface area (Å²) in [6.07, 6.45) is -0.618. The van der Waals surface area contributed by atoms with Gasteiger partial charge in [0.25, 0.3) is 0 Å². The summed E-state index contributed by atoms with van der Waals surface area (Å²) in [7, 11) is 1.59. The number of hydrogen-bond donors (Lipinski definition) is 1. The number of aliphatic hydroxyl groups is 1. The van der Waals surface area contributed by atoms with E-state index in [9.17, 15) is 9.90 Å². The largest absolute Gasteiger partial charge is 0.497 e. The van der Waals surface area contributed by atoms with E-state index in [0.717, 1.165) is 11.3 Å². The third kappa shape index (κ3) is 5.10. The van der Waals surface area contributed by atoms with Crippen LogP contribution in [0.3, 0.4) is 0 Å². The Kier molecular flexibility index (Phi) is 5.23. The molecule has 1 aromatic carbocycles. The van der Waals surface area contributed by atoms with Crippen LogP contribution in [0.4, 0.5) is 0 Å². The van der Waals surface area contributed by atoms with Gasteiger partial charge in [0.2, 0.25) is 0 Å². The predicted molar refractivity (Wildman–Crippen MR) is 74.9 cm³/mol. The third-order valence-electron chi connectivity index (χ3n) is 2.28. The SMILES string of the molecule is COc1ccc([C@H](O)CC(=O)SC(C)(C)C)cc1. The molecule has 18 heavy (non-hydrogen) atoms. The van der Waals surface area contributed by atoms with E-state index in [1.54, 1.807) is 31.4 Å². The topological polar surface area (TPSA) is 46.5 Å². The molecule has 0 aromatic heterocycles. The van der Waals surface area contributed by atoms with Gasteiger partial charge in [-0.1, -0.05) is 44.7 Å². The first-order valence-electron chi connectivity index (χ1n) is 5.85. The second-order valence-electron chi connectivity index (χ2n) is 5.08. The standard InChI is InChI=1S/C14H20O3S/c1-14(2,3)18-13(16)9-12(15)10-5-7-11(17-4)8-6-10/h5-8,12,15H,9H2,1-4H3/t12-/m1/s1. The minimum Gasteiger partial charge on any atom is -0.497 e. The number of rotatable bonds is 4. The van der Waals surface area contributed by atoms with Gasteiger partial charge in [-0.3, -0.25) is 4.79 Å². The lowest BCUT2D eigenvalue weighted by atomic mass is 10.1. The lowest BCUT2D eigenvalue weighted by Gasteiger charge is -2.17. The van der Waals surface area contributed by atoms with Crippen LogP contribution in [0.5, 0.6) is 5.75 Å². The van der Waals surface area contributed by atoms with Crippen molar-refractivity contribution in [3.05, 3.63) is 29.8 Å². The van der Waals surface area contributed by atoms with Crippen LogP contribution in [0.1, 0.15) is 38.9 Å². The van der Waals surface area contributed by atoms with Crippen LogP contribution >= 0.6 is 11.8 Å². The molecule has 0 saturated heterocycles. The number of thioether (sulfide) groups is 1. The van der Waals surface area contributed by atoms with E-state index in [-0.39, 0.29) is 16.3 Å². The lowest BCUT2D eigenvalue weighted by Crippen LogP contribution is -2.13. The van der Waals surface area contributed by atoms with Crippen molar-refractivity contribution in [2.75, 3.05) is 7.11 Å². The number of benzene rings is 1. The third-order valence-corrected chi connectivity index (χ3v) is 3.29. The van der Waals surface area contributed by atoms with Gasteiger partial charge in [0.15, 0.2) is 5.12 Å². The molecule has 0 unspecified atom stereocenters. The van der Waals surface area contributed by atoms with Crippen molar-refractivity contribution in [1.82, 2.24) is 0 Å². The molecule has 0 amide bonds. The first kappa shape index (κ1) is 15.1. The van der Waals surface area contributed by atoms with E-state index in [4.69, 9.17) is 4.74 Å². The van der Waals surface area contributed by atoms with Crippen LogP contribution in [-0.2, 0) is 4.79 Å². The quantitative estimate of drug-likeness (QED) is 0.911. The first-order chi connectivity index (χ1) is 8.31. The zero-order valence-electron chi connectivity index (χ0n) is 11.3. The van der Waals surface area contributed by atoms with Gasteiger partial charge in [0, 0.05) is 11.2 Å². The van der Waals surface area contributed by atoms with Gasteiger partial charge < -0.3 is 9.84 Å². The van der Waals surface area contributed by atoms with Crippen LogP contribution in [0.15, 0.2) is 24.3 Å². The molecule has 0 fully saturated rings. The highest BCUT2D eigenvalue weighted by Crippen LogP contribution is 2.29. The molecule has 0 heterocycles. The fraction of sp³-hybridized carbons (Fsp3) is 0.500. The Labute approximate surface area is 113 Å². The maximum Gasteiger partial charge on any atom is 0.192 e. The summed E-state index contributed by atoms with van der Waals surface area (Å²) >= 11 is 1.26. The Balaban J connectivity index is 2.59. The Morgan fingerprint density at radius 1 is 1.33 bits per heavy atom. The fourth-order valence-corrected chi connectivity index (χ4v) is 2.41. The minimum absolute atomic E-state index is 0.00539. The second kappa shape index (κ2) is 6.25. The molecule has 0 aliphatic heterocycles. The molecule has 3 nitrogen and oxygen atoms in total. The molecule has 0 spiro atoms. The van der Waals surface area contributed by atoms with E-state index in [0.29, 0.717) is 0 Å². The molecular weight excluding hydrogens is 248 g/mol. The van der Waals surface area contributed by atoms with Gasteiger partial charge in [0.1, 0.15) is 5.75 Å². The molecule has 4 heteroatoms. The molecule has 1 N–H and O–H groups in total. The van der Waals surface area contributed by atoms with Gasteiger partial charge in [0.05, 0.1) is 13.2 Å². The van der Waals surface area contributed by atoms with Crippen molar-refractivity contribution in [3.8, 4) is 5.75 Å². The van der Waals surface area contributed by atoms with E-state index in [2.05, 4.69) is 0 Å². The summed E-state index contributed by atoms with van der Waals surface area (Å²) in [6, 6.07) is 7.11. The monoisotopic (exact) mass is 268 g/mol. The summed E-state index contributed by atoms with van der Waals surface area (Å²) in [5, 5.41) is 9.98. The van der Waals surface area contributed by atoms with Crippen molar-refractivity contribution < 1.29 is 14.6 Å². The summed E-state index contributed by atoms with van der Waals surface area (Å²) in [6.45, 7) is 5.94. The lowest BCUT2D eigenvalue weighted by molar-refractivity contribution is -0.112. The number of aliphatic hydroxyl groups excluding tert-OH is 1. The van der Waals surface area contributed by atoms with Crippen molar-refractivity contribution in [3.63, 3.8) is 0 Å². The van der Waals surface area contributed by atoms with Crippen LogP contribution < -0.4 is 4.74 Å². The maximum atomic E-state index is 11.7. The molecule has 1 rings (SSSR count). The predicted octanol–water partition coefficient (Wildman–Crippen LogP) is 3.18. The zero-order valence-corrected chi connectivity index (χ0v) is 12.1. The van der Waals surface area contributed by atoms with Crippen molar-refractivity contribution in [2.45, 2.75) is 38.0 Å². The number of carbonyl (C=O) groups excluding carboxylic acids is 1. The molecule has 0 saturated carbocycles. The van der Waals surface area contributed by atoms with Crippen molar-refractivity contribution in [2.24, 2.45) is 0 Å². The average Bonchev–Trinajstić information content (AvgIpc) is 2.26.